The molecule has 8 heteroatoms. The number of nitrogens with two attached hydrogens (primary N) is 1. The highest BCUT2D eigenvalue weighted by atomic mass is 32.2. The van der Waals surface area contributed by atoms with E-state index in [9.17, 15) is 13.2 Å². The van der Waals surface area contributed by atoms with Gasteiger partial charge in [0.25, 0.3) is 10.1 Å². The Morgan fingerprint density at radius 1 is 0.875 bits per heavy atom. The summed E-state index contributed by atoms with van der Waals surface area (Å²) in [7, 11) is -4.02. The molecule has 0 fully saturated rings. The van der Waals surface area contributed by atoms with Gasteiger partial charge in [0, 0.05) is 0 Å². The molecule has 7 nitrogen and oxygen atoms in total. The van der Waals surface area contributed by atoms with Gasteiger partial charge in [0.15, 0.2) is 0 Å². The molecule has 0 aliphatic rings. The summed E-state index contributed by atoms with van der Waals surface area (Å²) >= 11 is 0. The minimum absolute atomic E-state index is 0.0666. The fourth-order valence-corrected chi connectivity index (χ4v) is 2.97. The lowest BCUT2D eigenvalue weighted by molar-refractivity contribution is -0.148. The maximum atomic E-state index is 11.7. The van der Waals surface area contributed by atoms with Gasteiger partial charge in [0.1, 0.15) is 12.6 Å². The van der Waals surface area contributed by atoms with E-state index in [0.717, 1.165) is 16.7 Å². The molecule has 0 aromatic heterocycles. The van der Waals surface area contributed by atoms with E-state index in [1.165, 1.54) is 12.1 Å². The summed E-state index contributed by atoms with van der Waals surface area (Å²) < 4.78 is 40.1. The van der Waals surface area contributed by atoms with E-state index >= 15 is 0 Å². The van der Waals surface area contributed by atoms with Gasteiger partial charge < -0.3 is 15.2 Å². The average Bonchev–Trinajstić information content (AvgIpc) is 2.79. The lowest BCUT2D eigenvalue weighted by Gasteiger charge is -2.12. The number of ether oxygens (including phenoxy) is 2. The van der Waals surface area contributed by atoms with Gasteiger partial charge in [-0.3, -0.25) is 9.35 Å². The van der Waals surface area contributed by atoms with Gasteiger partial charge in [-0.2, -0.15) is 8.42 Å². The Morgan fingerprint density at radius 2 is 1.38 bits per heavy atom. The zero-order chi connectivity index (χ0) is 23.4. The summed E-state index contributed by atoms with van der Waals surface area (Å²) in [6, 6.07) is 24.4. The van der Waals surface area contributed by atoms with Crippen LogP contribution in [0.25, 0.3) is 0 Å². The maximum Gasteiger partial charge on any atom is 0.325 e. The third-order valence-electron chi connectivity index (χ3n) is 4.25. The van der Waals surface area contributed by atoms with Crippen LogP contribution in [0.1, 0.15) is 16.7 Å². The van der Waals surface area contributed by atoms with Crippen LogP contribution in [0.4, 0.5) is 0 Å². The van der Waals surface area contributed by atoms with E-state index in [0.29, 0.717) is 6.61 Å². The largest absolute Gasteiger partial charge is 0.460 e. The van der Waals surface area contributed by atoms with Crippen LogP contribution < -0.4 is 5.73 Å². The van der Waals surface area contributed by atoms with Crippen LogP contribution >= 0.6 is 0 Å². The second-order valence-corrected chi connectivity index (χ2v) is 8.41. The van der Waals surface area contributed by atoms with Crippen LogP contribution in [-0.4, -0.2) is 31.6 Å². The number of esters is 1. The first-order valence-electron chi connectivity index (χ1n) is 9.87. The lowest BCUT2D eigenvalue weighted by Crippen LogP contribution is -2.36. The normalized spacial score (nSPS) is 11.7. The van der Waals surface area contributed by atoms with Gasteiger partial charge in [0.2, 0.25) is 0 Å². The van der Waals surface area contributed by atoms with Crippen molar-refractivity contribution in [2.75, 3.05) is 6.61 Å². The smallest absolute Gasteiger partial charge is 0.325 e. The first-order chi connectivity index (χ1) is 15.3. The highest BCUT2D eigenvalue weighted by Crippen LogP contribution is 2.08. The summed E-state index contributed by atoms with van der Waals surface area (Å²) in [4.78, 5) is 11.7. The third-order valence-corrected chi connectivity index (χ3v) is 5.12. The van der Waals surface area contributed by atoms with Gasteiger partial charge in [-0.25, -0.2) is 0 Å². The van der Waals surface area contributed by atoms with E-state index < -0.39 is 22.1 Å². The second kappa shape index (κ2) is 12.7. The predicted molar refractivity (Wildman–Crippen MR) is 121 cm³/mol. The molecule has 32 heavy (non-hydrogen) atoms. The molecule has 0 saturated carbocycles. The number of benzene rings is 3. The molecular formula is C24H27NO6S. The van der Waals surface area contributed by atoms with Crippen molar-refractivity contribution in [2.45, 2.75) is 31.1 Å². The Balaban J connectivity index is 0.000000278. The topological polar surface area (TPSA) is 116 Å². The Morgan fingerprint density at radius 3 is 1.88 bits per heavy atom. The van der Waals surface area contributed by atoms with E-state index in [-0.39, 0.29) is 18.1 Å². The Bertz CT molecular complexity index is 1050. The molecule has 0 amide bonds. The molecule has 0 bridgehead atoms. The van der Waals surface area contributed by atoms with Crippen molar-refractivity contribution in [1.29, 1.82) is 0 Å². The minimum Gasteiger partial charge on any atom is -0.460 e. The molecule has 0 unspecified atom stereocenters. The van der Waals surface area contributed by atoms with Crippen molar-refractivity contribution in [3.8, 4) is 0 Å². The molecule has 3 N–H and O–H groups in total. The fraction of sp³-hybridized carbons (Fsp3) is 0.208. The van der Waals surface area contributed by atoms with E-state index in [1.54, 1.807) is 12.1 Å². The number of rotatable bonds is 8. The summed E-state index contributed by atoms with van der Waals surface area (Å²) in [5.41, 5.74) is 8.68. The predicted octanol–water partition coefficient (Wildman–Crippen LogP) is 3.52. The van der Waals surface area contributed by atoms with Crippen molar-refractivity contribution < 1.29 is 27.2 Å². The molecular weight excluding hydrogens is 430 g/mol. The summed E-state index contributed by atoms with van der Waals surface area (Å²) in [5.74, 6) is -0.452. The molecule has 3 rings (SSSR count). The quantitative estimate of drug-likeness (QED) is 0.393. The Kier molecular flexibility index (Phi) is 10.0. The first kappa shape index (κ1) is 25.2. The van der Waals surface area contributed by atoms with Crippen LogP contribution in [0, 0.1) is 6.92 Å². The number of hydrogen-bond donors (Lipinski definition) is 2. The van der Waals surface area contributed by atoms with Crippen molar-refractivity contribution in [3.63, 3.8) is 0 Å². The Labute approximate surface area is 188 Å². The molecule has 3 aromatic carbocycles. The number of carbonyl (C=O) groups excluding carboxylic acids is 1. The Hall–Kier alpha value is -3.04. The number of aryl methyl sites for hydroxylation is 1. The lowest BCUT2D eigenvalue weighted by atomic mass is 10.2. The van der Waals surface area contributed by atoms with Gasteiger partial charge >= 0.3 is 5.97 Å². The van der Waals surface area contributed by atoms with Crippen molar-refractivity contribution in [1.82, 2.24) is 0 Å². The molecule has 170 valence electrons. The highest BCUT2D eigenvalue weighted by Gasteiger charge is 2.15. The van der Waals surface area contributed by atoms with Crippen molar-refractivity contribution in [3.05, 3.63) is 102 Å². The molecule has 0 heterocycles. The van der Waals surface area contributed by atoms with Crippen LogP contribution in [0.2, 0.25) is 0 Å². The van der Waals surface area contributed by atoms with Crippen LogP contribution in [-0.2, 0) is 37.6 Å². The molecule has 0 saturated heterocycles. The van der Waals surface area contributed by atoms with E-state index in [2.05, 4.69) is 0 Å². The van der Waals surface area contributed by atoms with Crippen LogP contribution in [0.5, 0.6) is 0 Å². The molecule has 3 aromatic rings. The molecule has 1 atom stereocenters. The summed E-state index contributed by atoms with van der Waals surface area (Å²) in [6.45, 7) is 2.64. The standard InChI is InChI=1S/C17H19NO3.C7H8O3S/c18-16(13-20-11-14-7-3-1-4-8-14)17(19)21-12-15-9-5-2-6-10-15;1-6-2-4-7(5-3-6)11(8,9)10/h1-10,16H,11-13,18H2;2-5H,1H3,(H,8,9,10)/t16-;/m0./s1. The monoisotopic (exact) mass is 457 g/mol. The minimum atomic E-state index is -4.02. The van der Waals surface area contributed by atoms with Gasteiger partial charge in [-0.05, 0) is 30.2 Å². The fourth-order valence-electron chi connectivity index (χ4n) is 2.49. The summed E-state index contributed by atoms with van der Waals surface area (Å²) in [6.07, 6.45) is 0. The van der Waals surface area contributed by atoms with Crippen LogP contribution in [0.3, 0.4) is 0 Å². The SMILES string of the molecule is Cc1ccc(S(=O)(=O)O)cc1.N[C@@H](COCc1ccccc1)C(=O)OCc1ccccc1. The zero-order valence-electron chi connectivity index (χ0n) is 17.8. The van der Waals surface area contributed by atoms with E-state index in [1.807, 2.05) is 67.6 Å². The number of hydrogen-bond acceptors (Lipinski definition) is 6. The average molecular weight is 458 g/mol. The molecule has 0 radical (unpaired) electrons. The van der Waals surface area contributed by atoms with Gasteiger partial charge in [-0.1, -0.05) is 78.4 Å². The van der Waals surface area contributed by atoms with Gasteiger partial charge in [0.05, 0.1) is 18.1 Å². The third kappa shape index (κ3) is 9.40. The van der Waals surface area contributed by atoms with E-state index in [4.69, 9.17) is 19.8 Å². The van der Waals surface area contributed by atoms with Gasteiger partial charge in [-0.15, -0.1) is 0 Å². The molecule has 0 spiro atoms. The second-order valence-electron chi connectivity index (χ2n) is 6.99. The van der Waals surface area contributed by atoms with Crippen LogP contribution in [0.15, 0.2) is 89.8 Å². The number of carbonyl (C=O) groups is 1. The summed E-state index contributed by atoms with van der Waals surface area (Å²) in [5, 5.41) is 0. The van der Waals surface area contributed by atoms with Crippen molar-refractivity contribution >= 4 is 16.1 Å². The highest BCUT2D eigenvalue weighted by molar-refractivity contribution is 7.85. The maximum absolute atomic E-state index is 11.7. The first-order valence-corrected chi connectivity index (χ1v) is 11.3. The van der Waals surface area contributed by atoms with Crippen molar-refractivity contribution in [2.24, 2.45) is 5.73 Å². The molecule has 0 aliphatic carbocycles. The molecule has 0 aliphatic heterocycles. The zero-order valence-corrected chi connectivity index (χ0v) is 18.6.